The van der Waals surface area contributed by atoms with Crippen molar-refractivity contribution in [1.82, 2.24) is 0 Å². The molecule has 0 atom stereocenters. The molecule has 1 rings (SSSR count). The van der Waals surface area contributed by atoms with E-state index in [1.165, 1.54) is 30.5 Å². The molecule has 0 nitrogen and oxygen atoms in total. The summed E-state index contributed by atoms with van der Waals surface area (Å²) in [5.41, 5.74) is 2.77. The Morgan fingerprint density at radius 1 is 1.20 bits per heavy atom. The number of hydrogen-bond acceptors (Lipinski definition) is 1. The van der Waals surface area contributed by atoms with Gasteiger partial charge in [-0.2, -0.15) is 0 Å². The number of rotatable bonds is 4. The van der Waals surface area contributed by atoms with E-state index >= 15 is 0 Å². The van der Waals surface area contributed by atoms with Crippen molar-refractivity contribution in [2.45, 2.75) is 19.8 Å². The fourth-order valence-electron chi connectivity index (χ4n) is 1.42. The van der Waals surface area contributed by atoms with Crippen LogP contribution in [0.1, 0.15) is 24.5 Å². The molecule has 0 aliphatic rings. The number of aryl methyl sites for hydroxylation is 1. The van der Waals surface area contributed by atoms with E-state index in [1.807, 2.05) is 11.8 Å². The Hall–Kier alpha value is 0.770. The zero-order valence-corrected chi connectivity index (χ0v) is 14.0. The van der Waals surface area contributed by atoms with Crippen molar-refractivity contribution in [3.05, 3.63) is 37.0 Å². The molecule has 0 aliphatic carbocycles. The van der Waals surface area contributed by atoms with Crippen LogP contribution in [-0.4, -0.2) is 6.26 Å². The van der Waals surface area contributed by atoms with E-state index in [4.69, 9.17) is 0 Å². The first kappa shape index (κ1) is 13.8. The van der Waals surface area contributed by atoms with Gasteiger partial charge in [0.15, 0.2) is 0 Å². The van der Waals surface area contributed by atoms with Gasteiger partial charge in [0.25, 0.3) is 0 Å². The molecule has 0 aromatic heterocycles. The lowest BCUT2D eigenvalue weighted by Gasteiger charge is -2.06. The molecule has 3 heteroatoms. The molecule has 0 N–H and O–H groups in total. The molecule has 1 aromatic rings. The zero-order valence-electron chi connectivity index (χ0n) is 8.89. The molecule has 0 saturated carbocycles. The Balaban J connectivity index is 2.93. The average molecular weight is 444 g/mol. The third-order valence-corrected chi connectivity index (χ3v) is 4.79. The van der Waals surface area contributed by atoms with Gasteiger partial charge in [-0.15, -0.1) is 11.8 Å². The third-order valence-electron chi connectivity index (χ3n) is 2.13. The summed E-state index contributed by atoms with van der Waals surface area (Å²) < 4.78 is 1.33. The van der Waals surface area contributed by atoms with Gasteiger partial charge in [0.05, 0.1) is 1.59 Å². The summed E-state index contributed by atoms with van der Waals surface area (Å²) >= 11 is 6.57. The minimum atomic E-state index is 1.18. The van der Waals surface area contributed by atoms with Crippen molar-refractivity contribution in [1.29, 1.82) is 0 Å². The molecule has 0 spiro atoms. The van der Waals surface area contributed by atoms with Crippen LogP contribution in [0.3, 0.4) is 0 Å². The van der Waals surface area contributed by atoms with Crippen LogP contribution in [0.2, 0.25) is 0 Å². The Labute approximate surface area is 124 Å². The van der Waals surface area contributed by atoms with Crippen LogP contribution in [0.5, 0.6) is 0 Å². The SMILES string of the molecule is CCCc1ccc(C(SC)=C(I)I)cc1. The van der Waals surface area contributed by atoms with Crippen LogP contribution < -0.4 is 0 Å². The second kappa shape index (κ2) is 7.17. The number of halogens is 2. The van der Waals surface area contributed by atoms with Crippen molar-refractivity contribution in [2.24, 2.45) is 0 Å². The highest BCUT2D eigenvalue weighted by Gasteiger charge is 2.03. The molecule has 0 fully saturated rings. The van der Waals surface area contributed by atoms with Crippen LogP contribution in [-0.2, 0) is 6.42 Å². The average Bonchev–Trinajstić information content (AvgIpc) is 2.21. The molecule has 0 unspecified atom stereocenters. The van der Waals surface area contributed by atoms with E-state index < -0.39 is 0 Å². The number of hydrogen-bond donors (Lipinski definition) is 0. The van der Waals surface area contributed by atoms with Crippen LogP contribution in [0, 0.1) is 0 Å². The largest absolute Gasteiger partial charge is 0.127 e. The van der Waals surface area contributed by atoms with Gasteiger partial charge in [-0.05, 0) is 69.0 Å². The van der Waals surface area contributed by atoms with E-state index in [0.29, 0.717) is 0 Å². The molecule has 0 heterocycles. The fraction of sp³-hybridized carbons (Fsp3) is 0.333. The van der Waals surface area contributed by atoms with Crippen LogP contribution in [0.15, 0.2) is 25.9 Å². The first-order valence-electron chi connectivity index (χ1n) is 4.87. The lowest BCUT2D eigenvalue weighted by molar-refractivity contribution is 0.922. The molecular weight excluding hydrogens is 430 g/mol. The van der Waals surface area contributed by atoms with E-state index in [9.17, 15) is 0 Å². The minimum absolute atomic E-state index is 1.18. The molecule has 0 amide bonds. The maximum atomic E-state index is 2.38. The predicted molar refractivity (Wildman–Crippen MR) is 88.9 cm³/mol. The maximum Gasteiger partial charge on any atom is 0.0655 e. The standard InChI is InChI=1S/C12H14I2S/c1-3-4-9-5-7-10(8-6-9)11(15-2)12(13)14/h5-8H,3-4H2,1-2H3. The Bertz CT molecular complexity index is 337. The van der Waals surface area contributed by atoms with Gasteiger partial charge in [0, 0.05) is 4.91 Å². The fourth-order valence-corrected chi connectivity index (χ4v) is 3.89. The summed E-state index contributed by atoms with van der Waals surface area (Å²) in [5, 5.41) is 0. The van der Waals surface area contributed by atoms with Gasteiger partial charge < -0.3 is 0 Å². The van der Waals surface area contributed by atoms with E-state index in [1.54, 1.807) is 0 Å². The smallest absolute Gasteiger partial charge is 0.0655 e. The number of benzene rings is 1. The van der Waals surface area contributed by atoms with E-state index in [0.717, 1.165) is 0 Å². The molecular formula is C12H14I2S. The summed E-state index contributed by atoms with van der Waals surface area (Å²) in [6, 6.07) is 8.94. The highest BCUT2D eigenvalue weighted by Crippen LogP contribution is 2.35. The van der Waals surface area contributed by atoms with E-state index in [2.05, 4.69) is 82.6 Å². The molecule has 0 bridgehead atoms. The molecule has 15 heavy (non-hydrogen) atoms. The van der Waals surface area contributed by atoms with Crippen LogP contribution in [0.25, 0.3) is 4.91 Å². The molecule has 1 aromatic carbocycles. The van der Waals surface area contributed by atoms with Gasteiger partial charge in [0.2, 0.25) is 0 Å². The van der Waals surface area contributed by atoms with Gasteiger partial charge in [-0.25, -0.2) is 0 Å². The molecule has 0 radical (unpaired) electrons. The maximum absolute atomic E-state index is 2.38. The second-order valence-electron chi connectivity index (χ2n) is 3.24. The van der Waals surface area contributed by atoms with Gasteiger partial charge in [-0.3, -0.25) is 0 Å². The van der Waals surface area contributed by atoms with Gasteiger partial charge in [-0.1, -0.05) is 37.6 Å². The lowest BCUT2D eigenvalue weighted by atomic mass is 10.1. The first-order valence-corrected chi connectivity index (χ1v) is 8.25. The van der Waals surface area contributed by atoms with Crippen molar-refractivity contribution >= 4 is 61.8 Å². The quantitative estimate of drug-likeness (QED) is 0.554. The molecule has 0 aliphatic heterocycles. The summed E-state index contributed by atoms with van der Waals surface area (Å²) in [4.78, 5) is 1.37. The highest BCUT2D eigenvalue weighted by molar-refractivity contribution is 14.2. The highest BCUT2D eigenvalue weighted by atomic mass is 127. The van der Waals surface area contributed by atoms with Crippen LogP contribution >= 0.6 is 56.9 Å². The third kappa shape index (κ3) is 4.26. The topological polar surface area (TPSA) is 0 Å². The molecule has 0 saturated heterocycles. The summed E-state index contributed by atoms with van der Waals surface area (Å²) in [6.45, 7) is 2.22. The van der Waals surface area contributed by atoms with Crippen molar-refractivity contribution < 1.29 is 0 Å². The minimum Gasteiger partial charge on any atom is -0.127 e. The lowest BCUT2D eigenvalue weighted by Crippen LogP contribution is -1.85. The predicted octanol–water partition coefficient (Wildman–Crippen LogP) is 5.50. The second-order valence-corrected chi connectivity index (χ2v) is 8.28. The Kier molecular flexibility index (Phi) is 6.61. The van der Waals surface area contributed by atoms with Crippen molar-refractivity contribution in [2.75, 3.05) is 6.26 Å². The van der Waals surface area contributed by atoms with Crippen molar-refractivity contribution in [3.63, 3.8) is 0 Å². The normalized spacial score (nSPS) is 10.1. The molecule has 82 valence electrons. The van der Waals surface area contributed by atoms with Gasteiger partial charge >= 0.3 is 0 Å². The van der Waals surface area contributed by atoms with E-state index in [-0.39, 0.29) is 0 Å². The number of thioether (sulfide) groups is 1. The zero-order chi connectivity index (χ0) is 11.3. The van der Waals surface area contributed by atoms with Crippen molar-refractivity contribution in [3.8, 4) is 0 Å². The Morgan fingerprint density at radius 2 is 1.80 bits per heavy atom. The first-order chi connectivity index (χ1) is 7.19. The summed E-state index contributed by atoms with van der Waals surface area (Å²) in [5.74, 6) is 0. The summed E-state index contributed by atoms with van der Waals surface area (Å²) in [7, 11) is 0. The summed E-state index contributed by atoms with van der Waals surface area (Å²) in [6.07, 6.45) is 4.53. The van der Waals surface area contributed by atoms with Crippen LogP contribution in [0.4, 0.5) is 0 Å². The monoisotopic (exact) mass is 444 g/mol. The Morgan fingerprint density at radius 3 is 2.20 bits per heavy atom. The van der Waals surface area contributed by atoms with Gasteiger partial charge in [0.1, 0.15) is 0 Å².